The number of nitrogens with zero attached hydrogens (tertiary/aromatic N) is 4. The Bertz CT molecular complexity index is 1360. The van der Waals surface area contributed by atoms with Gasteiger partial charge in [0, 0.05) is 31.9 Å². The molecule has 0 aromatic heterocycles. The summed E-state index contributed by atoms with van der Waals surface area (Å²) in [5, 5.41) is 9.55. The first kappa shape index (κ1) is 28.8. The zero-order chi connectivity index (χ0) is 28.7. The van der Waals surface area contributed by atoms with Crippen molar-refractivity contribution in [1.82, 2.24) is 5.32 Å². The van der Waals surface area contributed by atoms with E-state index in [0.29, 0.717) is 17.2 Å². The first-order valence-electron chi connectivity index (χ1n) is 13.5. The molecular formula is C30H38FN7O2. The van der Waals surface area contributed by atoms with Gasteiger partial charge < -0.3 is 30.3 Å². The SMILES string of the molecule is C=C(/N=C1/C(Nc2ccc(Oc3ccc4c(c3)NCN4C)c(C)c2)=NC=N/C1=C/C)OCC1(F)CNC1.CCC. The van der Waals surface area contributed by atoms with E-state index in [4.69, 9.17) is 9.47 Å². The van der Waals surface area contributed by atoms with Crippen molar-refractivity contribution in [2.75, 3.05) is 48.9 Å². The van der Waals surface area contributed by atoms with Gasteiger partial charge in [-0.1, -0.05) is 26.3 Å². The predicted molar refractivity (Wildman–Crippen MR) is 163 cm³/mol. The van der Waals surface area contributed by atoms with E-state index < -0.39 is 5.67 Å². The van der Waals surface area contributed by atoms with Crippen LogP contribution in [0.1, 0.15) is 32.8 Å². The van der Waals surface area contributed by atoms with Crippen molar-refractivity contribution in [1.29, 1.82) is 0 Å². The molecule has 0 radical (unpaired) electrons. The van der Waals surface area contributed by atoms with Crippen molar-refractivity contribution in [2.24, 2.45) is 15.0 Å². The Kier molecular flexibility index (Phi) is 9.21. The van der Waals surface area contributed by atoms with Crippen molar-refractivity contribution in [3.63, 3.8) is 0 Å². The molecule has 3 heterocycles. The van der Waals surface area contributed by atoms with E-state index in [1.165, 1.54) is 12.8 Å². The summed E-state index contributed by atoms with van der Waals surface area (Å²) in [6, 6.07) is 11.8. The van der Waals surface area contributed by atoms with E-state index in [-0.39, 0.29) is 25.6 Å². The quantitative estimate of drug-likeness (QED) is 0.367. The fraction of sp³-hybridized carbons (Fsp3) is 0.367. The maximum atomic E-state index is 14.3. The number of rotatable bonds is 7. The van der Waals surface area contributed by atoms with Crippen LogP contribution in [0.5, 0.6) is 11.5 Å². The predicted octanol–water partition coefficient (Wildman–Crippen LogP) is 6.02. The molecule has 2 aromatic carbocycles. The number of hydrogen-bond donors (Lipinski definition) is 3. The molecule has 3 N–H and O–H groups in total. The lowest BCUT2D eigenvalue weighted by atomic mass is 10.0. The van der Waals surface area contributed by atoms with Gasteiger partial charge in [0.15, 0.2) is 11.5 Å². The molecule has 1 saturated heterocycles. The van der Waals surface area contributed by atoms with Gasteiger partial charge in [-0.2, -0.15) is 0 Å². The average Bonchev–Trinajstić information content (AvgIpc) is 3.29. The average molecular weight is 548 g/mol. The van der Waals surface area contributed by atoms with Crippen LogP contribution in [0.4, 0.5) is 21.5 Å². The van der Waals surface area contributed by atoms with E-state index >= 15 is 0 Å². The molecule has 40 heavy (non-hydrogen) atoms. The Hall–Kier alpha value is -4.18. The second-order valence-corrected chi connectivity index (χ2v) is 9.92. The summed E-state index contributed by atoms with van der Waals surface area (Å²) < 4.78 is 25.9. The first-order valence-corrected chi connectivity index (χ1v) is 13.5. The third kappa shape index (κ3) is 6.87. The van der Waals surface area contributed by atoms with Crippen molar-refractivity contribution in [3.05, 3.63) is 66.2 Å². The van der Waals surface area contributed by atoms with Crippen molar-refractivity contribution >= 4 is 34.9 Å². The summed E-state index contributed by atoms with van der Waals surface area (Å²) in [6.45, 7) is 13.1. The lowest BCUT2D eigenvalue weighted by molar-refractivity contribution is 0.00768. The summed E-state index contributed by atoms with van der Waals surface area (Å²) in [7, 11) is 2.04. The fourth-order valence-corrected chi connectivity index (χ4v) is 4.12. The minimum atomic E-state index is -1.39. The highest BCUT2D eigenvalue weighted by Gasteiger charge is 2.38. The number of alkyl halides is 1. The van der Waals surface area contributed by atoms with E-state index in [0.717, 1.165) is 40.8 Å². The third-order valence-corrected chi connectivity index (χ3v) is 6.29. The monoisotopic (exact) mass is 547 g/mol. The highest BCUT2D eigenvalue weighted by Crippen LogP contribution is 2.36. The number of aliphatic imine (C=N–C) groups is 3. The Morgan fingerprint density at radius 2 is 2.02 bits per heavy atom. The third-order valence-electron chi connectivity index (χ3n) is 6.29. The highest BCUT2D eigenvalue weighted by atomic mass is 19.1. The van der Waals surface area contributed by atoms with Gasteiger partial charge >= 0.3 is 0 Å². The van der Waals surface area contributed by atoms with Crippen LogP contribution in [0.15, 0.2) is 75.6 Å². The molecule has 0 spiro atoms. The zero-order valence-corrected chi connectivity index (χ0v) is 23.8. The lowest BCUT2D eigenvalue weighted by Gasteiger charge is -2.34. The van der Waals surface area contributed by atoms with Crippen LogP contribution in [0, 0.1) is 6.92 Å². The Morgan fingerprint density at radius 1 is 1.25 bits per heavy atom. The number of nitrogens with one attached hydrogen (secondary N) is 3. The van der Waals surface area contributed by atoms with Crippen molar-refractivity contribution in [2.45, 2.75) is 39.8 Å². The maximum absolute atomic E-state index is 14.3. The molecule has 5 rings (SSSR count). The largest absolute Gasteiger partial charge is 0.475 e. The number of amidine groups is 1. The van der Waals surface area contributed by atoms with Crippen LogP contribution in [-0.2, 0) is 4.74 Å². The van der Waals surface area contributed by atoms with Crippen molar-refractivity contribution < 1.29 is 13.9 Å². The van der Waals surface area contributed by atoms with Gasteiger partial charge in [0.2, 0.25) is 5.88 Å². The molecular weight excluding hydrogens is 509 g/mol. The van der Waals surface area contributed by atoms with Crippen molar-refractivity contribution in [3.8, 4) is 11.5 Å². The summed E-state index contributed by atoms with van der Waals surface area (Å²) in [5.74, 6) is 2.09. The molecule has 2 aromatic rings. The molecule has 212 valence electrons. The number of ether oxygens (including phenoxy) is 2. The smallest absolute Gasteiger partial charge is 0.206 e. The number of hydrogen-bond acceptors (Lipinski definition) is 9. The molecule has 0 amide bonds. The van der Waals surface area contributed by atoms with Crippen LogP contribution in [0.2, 0.25) is 0 Å². The molecule has 0 bridgehead atoms. The number of benzene rings is 2. The second kappa shape index (κ2) is 12.8. The van der Waals surface area contributed by atoms with Crippen LogP contribution in [-0.4, -0.2) is 57.0 Å². The number of allylic oxidation sites excluding steroid dienone is 1. The summed E-state index contributed by atoms with van der Waals surface area (Å²) in [4.78, 5) is 15.3. The Balaban J connectivity index is 0.00000118. The van der Waals surface area contributed by atoms with Gasteiger partial charge in [-0.15, -0.1) is 0 Å². The van der Waals surface area contributed by atoms with E-state index in [2.05, 4.69) is 56.3 Å². The zero-order valence-electron chi connectivity index (χ0n) is 23.8. The molecule has 10 heteroatoms. The summed E-state index contributed by atoms with van der Waals surface area (Å²) >= 11 is 0. The van der Waals surface area contributed by atoms with Crippen LogP contribution in [0.25, 0.3) is 0 Å². The Labute approximate surface area is 235 Å². The van der Waals surface area contributed by atoms with E-state index in [9.17, 15) is 4.39 Å². The van der Waals surface area contributed by atoms with E-state index in [1.807, 2.05) is 63.4 Å². The minimum absolute atomic E-state index is 0.0971. The van der Waals surface area contributed by atoms with Crippen LogP contribution < -0.4 is 25.6 Å². The highest BCUT2D eigenvalue weighted by molar-refractivity contribution is 6.52. The molecule has 3 aliphatic rings. The van der Waals surface area contributed by atoms with Gasteiger partial charge in [-0.05, 0) is 56.3 Å². The summed E-state index contributed by atoms with van der Waals surface area (Å²) in [5.41, 5.74) is 3.63. The van der Waals surface area contributed by atoms with Gasteiger partial charge in [0.1, 0.15) is 30.2 Å². The minimum Gasteiger partial charge on any atom is -0.475 e. The van der Waals surface area contributed by atoms with Gasteiger partial charge in [0.25, 0.3) is 0 Å². The molecule has 0 atom stereocenters. The van der Waals surface area contributed by atoms with Gasteiger partial charge in [-0.3, -0.25) is 0 Å². The fourth-order valence-electron chi connectivity index (χ4n) is 4.12. The second-order valence-electron chi connectivity index (χ2n) is 9.92. The molecule has 3 aliphatic heterocycles. The first-order chi connectivity index (χ1) is 19.2. The van der Waals surface area contributed by atoms with E-state index in [1.54, 1.807) is 0 Å². The lowest BCUT2D eigenvalue weighted by Crippen LogP contribution is -2.58. The number of fused-ring (bicyclic) bond motifs is 1. The van der Waals surface area contributed by atoms with Gasteiger partial charge in [-0.25, -0.2) is 19.4 Å². The molecule has 0 aliphatic carbocycles. The van der Waals surface area contributed by atoms with Crippen LogP contribution >= 0.6 is 0 Å². The molecule has 0 unspecified atom stereocenters. The summed E-state index contributed by atoms with van der Waals surface area (Å²) in [6.07, 6.45) is 4.53. The molecule has 0 saturated carbocycles. The number of anilines is 3. The maximum Gasteiger partial charge on any atom is 0.206 e. The number of halogens is 1. The topological polar surface area (TPSA) is 94.9 Å². The standard InChI is InChI=1S/C27H30FN7O2.C3H8/c1-5-21-25(33-18(3)36-14-27(28)12-29-13-27)26(31-15-30-21)34-19-6-9-24(17(2)10-19)37-20-7-8-23-22(11-20)32-16-35(23)4;1-3-2/h5-11,15,29,32H,3,12-14,16H2,1-2,4H3,(H,30,31,34);3H2,1-2H3/b21-5+,33-25+;. The number of aryl methyl sites for hydroxylation is 1. The molecule has 1 fully saturated rings. The Morgan fingerprint density at radius 3 is 2.70 bits per heavy atom. The van der Waals surface area contributed by atoms with Gasteiger partial charge in [0.05, 0.1) is 23.7 Å². The normalized spacial score (nSPS) is 18.6. The molecule has 9 nitrogen and oxygen atoms in total. The van der Waals surface area contributed by atoms with Crippen LogP contribution in [0.3, 0.4) is 0 Å².